The summed E-state index contributed by atoms with van der Waals surface area (Å²) in [5.74, 6) is -1.12. The van der Waals surface area contributed by atoms with Crippen LogP contribution in [0.1, 0.15) is 32.9 Å². The van der Waals surface area contributed by atoms with Crippen molar-refractivity contribution in [3.63, 3.8) is 0 Å². The third-order valence-corrected chi connectivity index (χ3v) is 4.42. The van der Waals surface area contributed by atoms with E-state index in [0.717, 1.165) is 17.5 Å². The summed E-state index contributed by atoms with van der Waals surface area (Å²) in [5.41, 5.74) is 4.38. The highest BCUT2D eigenvalue weighted by Crippen LogP contribution is 2.20. The second kappa shape index (κ2) is 6.66. The number of benzene rings is 1. The minimum absolute atomic E-state index is 0.00897. The molecular formula is C17H15N3O2S. The highest BCUT2D eigenvalue weighted by Gasteiger charge is 2.20. The van der Waals surface area contributed by atoms with Crippen LogP contribution in [0.5, 0.6) is 0 Å². The standard InChI is InChI=1S/C17H15N3O2S/c1-11-2-4-12(5-3-11)6-13-8-23-9-14(13)7-15(21)16(22)17-18-10-19-20-17/h2-5,8-10H,6-7H2,1H3,(H,18,19,20). The first kappa shape index (κ1) is 15.3. The van der Waals surface area contributed by atoms with E-state index in [1.807, 2.05) is 17.7 Å². The molecule has 3 aromatic rings. The lowest BCUT2D eigenvalue weighted by Gasteiger charge is -2.04. The lowest BCUT2D eigenvalue weighted by molar-refractivity contribution is -0.114. The number of ketones is 2. The van der Waals surface area contributed by atoms with Crippen molar-refractivity contribution in [1.29, 1.82) is 0 Å². The Morgan fingerprint density at radius 2 is 1.87 bits per heavy atom. The van der Waals surface area contributed by atoms with Crippen LogP contribution in [0.2, 0.25) is 0 Å². The van der Waals surface area contributed by atoms with Gasteiger partial charge in [-0.2, -0.15) is 16.4 Å². The molecule has 0 aliphatic heterocycles. The van der Waals surface area contributed by atoms with Gasteiger partial charge in [0.05, 0.1) is 0 Å². The van der Waals surface area contributed by atoms with Crippen molar-refractivity contribution >= 4 is 22.9 Å². The molecule has 1 N–H and O–H groups in total. The maximum absolute atomic E-state index is 12.1. The molecule has 0 radical (unpaired) electrons. The van der Waals surface area contributed by atoms with E-state index in [2.05, 4.69) is 39.4 Å². The van der Waals surface area contributed by atoms with E-state index in [-0.39, 0.29) is 12.2 Å². The number of rotatable bonds is 6. The van der Waals surface area contributed by atoms with Gasteiger partial charge in [-0.15, -0.1) is 0 Å². The quantitative estimate of drug-likeness (QED) is 0.558. The van der Waals surface area contributed by atoms with Crippen LogP contribution in [0.25, 0.3) is 0 Å². The van der Waals surface area contributed by atoms with Crippen molar-refractivity contribution in [3.05, 3.63) is 69.4 Å². The summed E-state index contributed by atoms with van der Waals surface area (Å²) >= 11 is 1.54. The van der Waals surface area contributed by atoms with Gasteiger partial charge in [0.1, 0.15) is 6.33 Å². The lowest BCUT2D eigenvalue weighted by atomic mass is 9.99. The number of nitrogens with one attached hydrogen (secondary N) is 1. The molecule has 23 heavy (non-hydrogen) atoms. The van der Waals surface area contributed by atoms with Crippen molar-refractivity contribution in [2.45, 2.75) is 19.8 Å². The predicted octanol–water partition coefficient (Wildman–Crippen LogP) is 2.76. The zero-order valence-electron chi connectivity index (χ0n) is 12.6. The Morgan fingerprint density at radius 1 is 1.13 bits per heavy atom. The molecule has 0 unspecified atom stereocenters. The van der Waals surface area contributed by atoms with Crippen LogP contribution in [-0.4, -0.2) is 26.7 Å². The third-order valence-electron chi connectivity index (χ3n) is 3.58. The van der Waals surface area contributed by atoms with E-state index >= 15 is 0 Å². The van der Waals surface area contributed by atoms with Gasteiger partial charge >= 0.3 is 0 Å². The largest absolute Gasteiger partial charge is 0.290 e. The zero-order chi connectivity index (χ0) is 16.2. The molecule has 0 atom stereocenters. The van der Waals surface area contributed by atoms with Crippen LogP contribution in [0.3, 0.4) is 0 Å². The summed E-state index contributed by atoms with van der Waals surface area (Å²) in [4.78, 5) is 27.8. The molecule has 3 rings (SSSR count). The number of carbonyl (C=O) groups excluding carboxylic acids is 2. The highest BCUT2D eigenvalue weighted by molar-refractivity contribution is 7.08. The minimum atomic E-state index is -0.630. The topological polar surface area (TPSA) is 75.7 Å². The van der Waals surface area contributed by atoms with Gasteiger partial charge in [-0.25, -0.2) is 4.98 Å². The van der Waals surface area contributed by atoms with Gasteiger partial charge in [0.2, 0.25) is 5.78 Å². The lowest BCUT2D eigenvalue weighted by Crippen LogP contribution is -2.18. The number of nitrogens with zero attached hydrogens (tertiary/aromatic N) is 2. The second-order valence-electron chi connectivity index (χ2n) is 5.35. The number of Topliss-reactive ketones (excluding diaryl/α,β-unsaturated/α-hetero) is 2. The number of H-pyrrole nitrogens is 1. The van der Waals surface area contributed by atoms with Gasteiger partial charge in [0.25, 0.3) is 5.78 Å². The second-order valence-corrected chi connectivity index (χ2v) is 6.09. The smallest absolute Gasteiger partial charge is 0.265 e. The number of hydrogen-bond acceptors (Lipinski definition) is 5. The molecule has 5 nitrogen and oxygen atoms in total. The number of carbonyl (C=O) groups is 2. The van der Waals surface area contributed by atoms with Crippen LogP contribution in [0.15, 0.2) is 41.4 Å². The molecule has 0 saturated heterocycles. The third kappa shape index (κ3) is 3.60. The Labute approximate surface area is 137 Å². The molecule has 0 fully saturated rings. The van der Waals surface area contributed by atoms with Gasteiger partial charge in [-0.05, 0) is 40.8 Å². The molecule has 0 aliphatic carbocycles. The van der Waals surface area contributed by atoms with Crippen LogP contribution < -0.4 is 0 Å². The number of thiophene rings is 1. The van der Waals surface area contributed by atoms with Gasteiger partial charge in [-0.1, -0.05) is 29.8 Å². The van der Waals surface area contributed by atoms with E-state index in [4.69, 9.17) is 0 Å². The molecule has 0 aliphatic rings. The van der Waals surface area contributed by atoms with Crippen molar-refractivity contribution in [3.8, 4) is 0 Å². The highest BCUT2D eigenvalue weighted by atomic mass is 32.1. The summed E-state index contributed by atoms with van der Waals surface area (Å²) < 4.78 is 0. The van der Waals surface area contributed by atoms with Crippen molar-refractivity contribution in [2.75, 3.05) is 0 Å². The SMILES string of the molecule is Cc1ccc(Cc2cscc2CC(=O)C(=O)c2ncn[nH]2)cc1. The Bertz CT molecular complexity index is 820. The fourth-order valence-corrected chi connectivity index (χ4v) is 3.15. The predicted molar refractivity (Wildman–Crippen MR) is 87.7 cm³/mol. The summed E-state index contributed by atoms with van der Waals surface area (Å²) in [6.07, 6.45) is 2.06. The first-order valence-corrected chi connectivity index (χ1v) is 8.10. The van der Waals surface area contributed by atoms with Crippen LogP contribution in [-0.2, 0) is 17.6 Å². The first-order chi connectivity index (χ1) is 11.1. The fraction of sp³-hybridized carbons (Fsp3) is 0.176. The monoisotopic (exact) mass is 325 g/mol. The summed E-state index contributed by atoms with van der Waals surface area (Å²) in [7, 11) is 0. The summed E-state index contributed by atoms with van der Waals surface area (Å²) in [6.45, 7) is 2.05. The number of aryl methyl sites for hydroxylation is 1. The summed E-state index contributed by atoms with van der Waals surface area (Å²) in [5, 5.41) is 9.98. The molecule has 116 valence electrons. The van der Waals surface area contributed by atoms with E-state index in [1.54, 1.807) is 11.3 Å². The van der Waals surface area contributed by atoms with Crippen LogP contribution >= 0.6 is 11.3 Å². The van der Waals surface area contributed by atoms with Gasteiger partial charge in [0.15, 0.2) is 5.82 Å². The van der Waals surface area contributed by atoms with Gasteiger partial charge in [0, 0.05) is 6.42 Å². The van der Waals surface area contributed by atoms with E-state index in [0.29, 0.717) is 0 Å². The Kier molecular flexibility index (Phi) is 4.43. The molecular weight excluding hydrogens is 310 g/mol. The van der Waals surface area contributed by atoms with Gasteiger partial charge < -0.3 is 0 Å². The Morgan fingerprint density at radius 3 is 2.57 bits per heavy atom. The maximum atomic E-state index is 12.1. The number of aromatic nitrogens is 3. The van der Waals surface area contributed by atoms with Crippen molar-refractivity contribution in [2.24, 2.45) is 0 Å². The molecule has 0 amide bonds. The minimum Gasteiger partial charge on any atom is -0.290 e. The molecule has 1 aromatic carbocycles. The van der Waals surface area contributed by atoms with E-state index in [9.17, 15) is 9.59 Å². The molecule has 2 aromatic heterocycles. The number of aromatic amines is 1. The average molecular weight is 325 g/mol. The summed E-state index contributed by atoms with van der Waals surface area (Å²) in [6, 6.07) is 8.30. The molecule has 0 spiro atoms. The van der Waals surface area contributed by atoms with Crippen LogP contribution in [0.4, 0.5) is 0 Å². The average Bonchev–Trinajstić information content (AvgIpc) is 3.21. The van der Waals surface area contributed by atoms with E-state index in [1.165, 1.54) is 17.5 Å². The fourth-order valence-electron chi connectivity index (χ4n) is 2.29. The Balaban J connectivity index is 1.72. The number of hydrogen-bond donors (Lipinski definition) is 1. The first-order valence-electron chi connectivity index (χ1n) is 7.16. The van der Waals surface area contributed by atoms with Crippen molar-refractivity contribution < 1.29 is 9.59 Å². The van der Waals surface area contributed by atoms with E-state index < -0.39 is 11.6 Å². The maximum Gasteiger partial charge on any atom is 0.265 e. The van der Waals surface area contributed by atoms with Crippen molar-refractivity contribution in [1.82, 2.24) is 15.2 Å². The molecule has 0 bridgehead atoms. The zero-order valence-corrected chi connectivity index (χ0v) is 13.4. The molecule has 2 heterocycles. The van der Waals surface area contributed by atoms with Crippen LogP contribution in [0, 0.1) is 6.92 Å². The molecule has 6 heteroatoms. The van der Waals surface area contributed by atoms with Gasteiger partial charge in [-0.3, -0.25) is 14.7 Å². The normalized spacial score (nSPS) is 10.7. The molecule has 0 saturated carbocycles. The Hall–Kier alpha value is -2.60.